The predicted octanol–water partition coefficient (Wildman–Crippen LogP) is 7.70. The topological polar surface area (TPSA) is 6.48 Å². The van der Waals surface area contributed by atoms with Crippen LogP contribution < -0.4 is 9.80 Å². The van der Waals surface area contributed by atoms with Gasteiger partial charge in [-0.3, -0.25) is 0 Å². The molecule has 3 heteroatoms. The van der Waals surface area contributed by atoms with Crippen LogP contribution in [0.5, 0.6) is 0 Å². The molecule has 2 heterocycles. The van der Waals surface area contributed by atoms with Gasteiger partial charge in [-0.05, 0) is 47.5 Å². The van der Waals surface area contributed by atoms with Crippen molar-refractivity contribution >= 4 is 34.9 Å². The van der Waals surface area contributed by atoms with Gasteiger partial charge in [0.15, 0.2) is 0 Å². The van der Waals surface area contributed by atoms with Crippen LogP contribution in [0.4, 0.5) is 22.7 Å². The normalized spacial score (nSPS) is 13.2. The summed E-state index contributed by atoms with van der Waals surface area (Å²) in [5.41, 5.74) is 7.65. The number of para-hydroxylation sites is 4. The van der Waals surface area contributed by atoms with E-state index in [1.165, 1.54) is 33.9 Å². The fraction of sp³-hybridized carbons (Fsp3) is 0.0667. The third-order valence-corrected chi connectivity index (χ3v) is 5.76. The maximum atomic E-state index is 2.33. The van der Waals surface area contributed by atoms with Crippen LogP contribution >= 0.6 is 0 Å². The summed E-state index contributed by atoms with van der Waals surface area (Å²) in [7, 11) is 0. The Hall–Kier alpha value is -3.39. The molecule has 0 N–H and O–H groups in total. The SMILES string of the molecule is C1=Cc2ccccc2N(c2ccccc2)C1.C1=Cc2ccccc2N(c2ccccc2)C1.[Ir+3]. The minimum atomic E-state index is 0. The largest absolute Gasteiger partial charge is 3.00 e. The van der Waals surface area contributed by atoms with Crippen LogP contribution in [0.15, 0.2) is 121 Å². The Morgan fingerprint density at radius 1 is 0.424 bits per heavy atom. The maximum absolute atomic E-state index is 2.33. The van der Waals surface area contributed by atoms with Gasteiger partial charge >= 0.3 is 20.1 Å². The quantitative estimate of drug-likeness (QED) is 0.231. The molecule has 0 amide bonds. The summed E-state index contributed by atoms with van der Waals surface area (Å²) in [5, 5.41) is 0. The first-order chi connectivity index (χ1) is 15.9. The molecule has 6 rings (SSSR count). The number of fused-ring (bicyclic) bond motifs is 2. The molecule has 0 spiro atoms. The van der Waals surface area contributed by atoms with Gasteiger partial charge in [0.25, 0.3) is 0 Å². The molecule has 2 aliphatic heterocycles. The van der Waals surface area contributed by atoms with Crippen LogP contribution in [0, 0.1) is 0 Å². The molecular weight excluding hydrogens is 581 g/mol. The Morgan fingerprint density at radius 2 is 0.788 bits per heavy atom. The van der Waals surface area contributed by atoms with Gasteiger partial charge in [-0.1, -0.05) is 97.1 Å². The van der Waals surface area contributed by atoms with Gasteiger partial charge in [0.05, 0.1) is 0 Å². The average Bonchev–Trinajstić information content (AvgIpc) is 2.89. The smallest absolute Gasteiger partial charge is 0.337 e. The van der Waals surface area contributed by atoms with Crippen LogP contribution in [0.25, 0.3) is 12.2 Å². The first-order valence-corrected chi connectivity index (χ1v) is 11.1. The molecule has 0 fully saturated rings. The molecule has 0 saturated heterocycles. The minimum Gasteiger partial charge on any atom is -0.337 e. The van der Waals surface area contributed by atoms with Crippen molar-refractivity contribution in [3.8, 4) is 0 Å². The predicted molar refractivity (Wildman–Crippen MR) is 138 cm³/mol. The van der Waals surface area contributed by atoms with Gasteiger partial charge < -0.3 is 9.80 Å². The average molecular weight is 607 g/mol. The summed E-state index contributed by atoms with van der Waals surface area (Å²) in [6.07, 6.45) is 8.79. The number of hydrogen-bond donors (Lipinski definition) is 0. The van der Waals surface area contributed by atoms with Crippen LogP contribution in [0.3, 0.4) is 0 Å². The molecule has 0 radical (unpaired) electrons. The number of nitrogens with zero attached hydrogens (tertiary/aromatic N) is 2. The first-order valence-electron chi connectivity index (χ1n) is 11.1. The van der Waals surface area contributed by atoms with E-state index < -0.39 is 0 Å². The zero-order chi connectivity index (χ0) is 21.6. The van der Waals surface area contributed by atoms with Crippen molar-refractivity contribution in [1.82, 2.24) is 0 Å². The van der Waals surface area contributed by atoms with Gasteiger partial charge in [-0.2, -0.15) is 0 Å². The van der Waals surface area contributed by atoms with Crippen molar-refractivity contribution in [1.29, 1.82) is 0 Å². The van der Waals surface area contributed by atoms with E-state index >= 15 is 0 Å². The molecular formula is C30H26IrN2+3. The molecule has 0 aromatic heterocycles. The second-order valence-electron chi connectivity index (χ2n) is 7.81. The minimum absolute atomic E-state index is 0. The second-order valence-corrected chi connectivity index (χ2v) is 7.81. The van der Waals surface area contributed by atoms with Crippen molar-refractivity contribution < 1.29 is 20.1 Å². The third-order valence-electron chi connectivity index (χ3n) is 5.76. The van der Waals surface area contributed by atoms with E-state index in [9.17, 15) is 0 Å². The monoisotopic (exact) mass is 607 g/mol. The summed E-state index contributed by atoms with van der Waals surface area (Å²) >= 11 is 0. The molecule has 2 nitrogen and oxygen atoms in total. The van der Waals surface area contributed by atoms with E-state index in [0.717, 1.165) is 13.1 Å². The molecule has 33 heavy (non-hydrogen) atoms. The van der Waals surface area contributed by atoms with Gasteiger partial charge in [0.1, 0.15) is 0 Å². The summed E-state index contributed by atoms with van der Waals surface area (Å²) in [6.45, 7) is 1.89. The van der Waals surface area contributed by atoms with Gasteiger partial charge in [-0.25, -0.2) is 0 Å². The van der Waals surface area contributed by atoms with Crippen LogP contribution in [0.2, 0.25) is 0 Å². The van der Waals surface area contributed by atoms with E-state index in [0.29, 0.717) is 0 Å². The summed E-state index contributed by atoms with van der Waals surface area (Å²) in [5.74, 6) is 0. The van der Waals surface area contributed by atoms with Crippen molar-refractivity contribution in [2.75, 3.05) is 22.9 Å². The van der Waals surface area contributed by atoms with E-state index in [2.05, 4.69) is 143 Å². The summed E-state index contributed by atoms with van der Waals surface area (Å²) in [4.78, 5) is 4.66. The Kier molecular flexibility index (Phi) is 7.57. The van der Waals surface area contributed by atoms with Crippen molar-refractivity contribution in [2.45, 2.75) is 0 Å². The number of benzene rings is 4. The number of rotatable bonds is 2. The van der Waals surface area contributed by atoms with Crippen LogP contribution in [-0.4, -0.2) is 13.1 Å². The summed E-state index contributed by atoms with van der Waals surface area (Å²) in [6, 6.07) is 38.0. The second kappa shape index (κ2) is 11.0. The molecule has 162 valence electrons. The van der Waals surface area contributed by atoms with E-state index in [1.54, 1.807) is 0 Å². The molecule has 0 bridgehead atoms. The van der Waals surface area contributed by atoms with Gasteiger partial charge in [0.2, 0.25) is 0 Å². The Balaban J connectivity index is 0.000000152. The summed E-state index contributed by atoms with van der Waals surface area (Å²) < 4.78 is 0. The van der Waals surface area contributed by atoms with Gasteiger partial charge in [0, 0.05) is 35.8 Å². The fourth-order valence-electron chi connectivity index (χ4n) is 4.22. The Morgan fingerprint density at radius 3 is 1.21 bits per heavy atom. The third kappa shape index (κ3) is 5.17. The zero-order valence-corrected chi connectivity index (χ0v) is 20.7. The molecule has 0 aliphatic carbocycles. The maximum Gasteiger partial charge on any atom is 3.00 e. The fourth-order valence-corrected chi connectivity index (χ4v) is 4.22. The van der Waals surface area contributed by atoms with Crippen LogP contribution in [-0.2, 0) is 20.1 Å². The van der Waals surface area contributed by atoms with E-state index in [4.69, 9.17) is 0 Å². The molecule has 2 aliphatic rings. The van der Waals surface area contributed by atoms with Crippen molar-refractivity contribution in [3.05, 3.63) is 132 Å². The molecule has 0 atom stereocenters. The molecule has 4 aromatic carbocycles. The zero-order valence-electron chi connectivity index (χ0n) is 18.3. The van der Waals surface area contributed by atoms with E-state index in [-0.39, 0.29) is 20.1 Å². The molecule has 0 saturated carbocycles. The Labute approximate surface area is 209 Å². The molecule has 4 aromatic rings. The van der Waals surface area contributed by atoms with Crippen molar-refractivity contribution in [3.63, 3.8) is 0 Å². The molecule has 0 unspecified atom stereocenters. The van der Waals surface area contributed by atoms with E-state index in [1.807, 2.05) is 0 Å². The van der Waals surface area contributed by atoms with Crippen molar-refractivity contribution in [2.24, 2.45) is 0 Å². The standard InChI is InChI=1S/2C15H13N.Ir/c2*1-2-9-14(10-3-1)16-12-6-8-13-7-4-5-11-15(13)16;/h2*1-11H,12H2;/q;;+3. The number of anilines is 4. The Bertz CT molecular complexity index is 1130. The van der Waals surface area contributed by atoms with Crippen LogP contribution in [0.1, 0.15) is 11.1 Å². The van der Waals surface area contributed by atoms with Gasteiger partial charge in [-0.15, -0.1) is 0 Å². The first kappa shape index (κ1) is 22.8. The number of hydrogen-bond acceptors (Lipinski definition) is 2.